The first kappa shape index (κ1) is 14.9. The summed E-state index contributed by atoms with van der Waals surface area (Å²) < 4.78 is 16.4. The lowest BCUT2D eigenvalue weighted by atomic mass is 10.0. The van der Waals surface area contributed by atoms with E-state index >= 15 is 0 Å². The molecule has 0 aliphatic heterocycles. The van der Waals surface area contributed by atoms with Gasteiger partial charge in [0.25, 0.3) is 0 Å². The van der Waals surface area contributed by atoms with E-state index in [4.69, 9.17) is 17.3 Å². The first-order chi connectivity index (χ1) is 8.41. The normalized spacial score (nSPS) is 12.8. The molecule has 0 fully saturated rings. The summed E-state index contributed by atoms with van der Waals surface area (Å²) in [6.07, 6.45) is 0. The maximum absolute atomic E-state index is 14.1. The largest absolute Gasteiger partial charge is 0.320 e. The maximum atomic E-state index is 14.1. The van der Waals surface area contributed by atoms with Crippen molar-refractivity contribution in [3.05, 3.63) is 52.2 Å². The summed E-state index contributed by atoms with van der Waals surface area (Å²) >= 11 is 17.3. The van der Waals surface area contributed by atoms with Crippen molar-refractivity contribution >= 4 is 70.7 Å². The van der Waals surface area contributed by atoms with Gasteiger partial charge in [-0.25, -0.2) is 4.39 Å². The van der Waals surface area contributed by atoms with E-state index in [1.807, 2.05) is 6.07 Å². The number of hydrogen-bond acceptors (Lipinski definition) is 2. The van der Waals surface area contributed by atoms with E-state index in [0.29, 0.717) is 10.0 Å². The third kappa shape index (κ3) is 2.83. The minimum atomic E-state index is -0.562. The minimum Gasteiger partial charge on any atom is -0.320 e. The number of thiophene rings is 1. The molecule has 0 amide bonds. The Morgan fingerprint density at radius 2 is 1.89 bits per heavy atom. The Labute approximate surface area is 138 Å². The molecule has 1 aromatic heterocycles. The summed E-state index contributed by atoms with van der Waals surface area (Å²) in [7, 11) is 0. The highest BCUT2D eigenvalue weighted by Gasteiger charge is 2.20. The maximum Gasteiger partial charge on any atom is 0.148 e. The SMILES string of the molecule is NC(c1cc(Br)sc1Br)c1ccc(Br)c(Cl)c1F. The van der Waals surface area contributed by atoms with Crippen LogP contribution in [0.2, 0.25) is 5.02 Å². The summed E-state index contributed by atoms with van der Waals surface area (Å²) in [6, 6.07) is 4.63. The average Bonchev–Trinajstić information content (AvgIpc) is 2.65. The van der Waals surface area contributed by atoms with Gasteiger partial charge in [-0.05, 0) is 65.5 Å². The zero-order valence-electron chi connectivity index (χ0n) is 8.68. The Morgan fingerprint density at radius 3 is 2.44 bits per heavy atom. The molecule has 18 heavy (non-hydrogen) atoms. The topological polar surface area (TPSA) is 26.0 Å². The summed E-state index contributed by atoms with van der Waals surface area (Å²) in [4.78, 5) is 0. The van der Waals surface area contributed by atoms with Gasteiger partial charge in [0.2, 0.25) is 0 Å². The van der Waals surface area contributed by atoms with Crippen LogP contribution in [0.25, 0.3) is 0 Å². The highest BCUT2D eigenvalue weighted by molar-refractivity contribution is 9.12. The van der Waals surface area contributed by atoms with Crippen molar-refractivity contribution in [1.29, 1.82) is 0 Å². The Balaban J connectivity index is 2.49. The van der Waals surface area contributed by atoms with Gasteiger partial charge in [0.05, 0.1) is 18.6 Å². The average molecular weight is 478 g/mol. The van der Waals surface area contributed by atoms with Gasteiger partial charge in [-0.15, -0.1) is 11.3 Å². The molecule has 0 radical (unpaired) electrons. The molecule has 0 bridgehead atoms. The second-order valence-electron chi connectivity index (χ2n) is 3.52. The van der Waals surface area contributed by atoms with Gasteiger partial charge in [0, 0.05) is 10.0 Å². The van der Waals surface area contributed by atoms with Crippen LogP contribution in [-0.4, -0.2) is 0 Å². The highest BCUT2D eigenvalue weighted by atomic mass is 79.9. The second-order valence-corrected chi connectivity index (χ2v) is 8.50. The Kier molecular flexibility index (Phi) is 4.89. The number of rotatable bonds is 2. The Hall–Kier alpha value is 0.540. The van der Waals surface area contributed by atoms with E-state index in [1.165, 1.54) is 11.3 Å². The molecule has 96 valence electrons. The van der Waals surface area contributed by atoms with Crippen LogP contribution in [0.4, 0.5) is 4.39 Å². The third-order valence-electron chi connectivity index (χ3n) is 2.42. The van der Waals surface area contributed by atoms with Crippen LogP contribution in [-0.2, 0) is 0 Å². The molecule has 0 aliphatic carbocycles. The molecule has 1 atom stereocenters. The molecular weight excluding hydrogens is 472 g/mol. The summed E-state index contributed by atoms with van der Waals surface area (Å²) in [5.74, 6) is -0.493. The van der Waals surface area contributed by atoms with Crippen molar-refractivity contribution in [3.63, 3.8) is 0 Å². The van der Waals surface area contributed by atoms with Crippen molar-refractivity contribution in [2.45, 2.75) is 6.04 Å². The summed E-state index contributed by atoms with van der Waals surface area (Å²) in [6.45, 7) is 0. The van der Waals surface area contributed by atoms with Gasteiger partial charge in [-0.2, -0.15) is 0 Å². The molecular formula is C11H6Br3ClFNS. The van der Waals surface area contributed by atoms with Crippen molar-refractivity contribution in [1.82, 2.24) is 0 Å². The summed E-state index contributed by atoms with van der Waals surface area (Å²) in [5.41, 5.74) is 7.29. The van der Waals surface area contributed by atoms with Gasteiger partial charge < -0.3 is 5.73 Å². The van der Waals surface area contributed by atoms with Crippen LogP contribution < -0.4 is 5.73 Å². The van der Waals surface area contributed by atoms with E-state index in [2.05, 4.69) is 47.8 Å². The predicted molar refractivity (Wildman–Crippen MR) is 84.9 cm³/mol. The molecule has 1 aromatic carbocycles. The van der Waals surface area contributed by atoms with Crippen molar-refractivity contribution in [3.8, 4) is 0 Å². The van der Waals surface area contributed by atoms with Crippen LogP contribution >= 0.6 is 70.7 Å². The van der Waals surface area contributed by atoms with Crippen molar-refractivity contribution in [2.75, 3.05) is 0 Å². The molecule has 2 aromatic rings. The lowest BCUT2D eigenvalue weighted by Gasteiger charge is -2.13. The molecule has 7 heteroatoms. The van der Waals surface area contributed by atoms with Gasteiger partial charge >= 0.3 is 0 Å². The molecule has 0 spiro atoms. The Bertz CT molecular complexity index is 602. The lowest BCUT2D eigenvalue weighted by Crippen LogP contribution is -2.13. The number of nitrogens with two attached hydrogens (primary N) is 1. The standard InChI is InChI=1S/C11H6Br3ClFNS/c12-6-2-1-4(9(16)8(6)15)10(17)5-3-7(13)18-11(5)14/h1-3,10H,17H2. The molecule has 2 rings (SSSR count). The van der Waals surface area contributed by atoms with Gasteiger partial charge in [0.1, 0.15) is 5.82 Å². The third-order valence-corrected chi connectivity index (χ3v) is 6.06. The monoisotopic (exact) mass is 475 g/mol. The van der Waals surface area contributed by atoms with E-state index in [9.17, 15) is 4.39 Å². The fraction of sp³-hybridized carbons (Fsp3) is 0.0909. The van der Waals surface area contributed by atoms with Crippen LogP contribution in [0.3, 0.4) is 0 Å². The fourth-order valence-corrected chi connectivity index (χ4v) is 4.92. The molecule has 1 heterocycles. The summed E-state index contributed by atoms with van der Waals surface area (Å²) in [5, 5.41) is 0.0494. The van der Waals surface area contributed by atoms with E-state index in [1.54, 1.807) is 12.1 Å². The lowest BCUT2D eigenvalue weighted by molar-refractivity contribution is 0.599. The number of benzene rings is 1. The van der Waals surface area contributed by atoms with Crippen molar-refractivity contribution < 1.29 is 4.39 Å². The van der Waals surface area contributed by atoms with E-state index in [0.717, 1.165) is 13.1 Å². The first-order valence-electron chi connectivity index (χ1n) is 4.75. The molecule has 1 nitrogen and oxygen atoms in total. The van der Waals surface area contributed by atoms with Gasteiger partial charge in [-0.1, -0.05) is 17.7 Å². The molecule has 2 N–H and O–H groups in total. The van der Waals surface area contributed by atoms with E-state index < -0.39 is 11.9 Å². The van der Waals surface area contributed by atoms with Crippen LogP contribution in [0, 0.1) is 5.82 Å². The smallest absolute Gasteiger partial charge is 0.148 e. The van der Waals surface area contributed by atoms with Gasteiger partial charge in [0.15, 0.2) is 0 Å². The fourth-order valence-electron chi connectivity index (χ4n) is 1.51. The second kappa shape index (κ2) is 5.89. The zero-order valence-corrected chi connectivity index (χ0v) is 15.0. The van der Waals surface area contributed by atoms with E-state index in [-0.39, 0.29) is 5.02 Å². The van der Waals surface area contributed by atoms with Crippen molar-refractivity contribution in [2.24, 2.45) is 5.73 Å². The zero-order chi connectivity index (χ0) is 13.4. The molecule has 0 saturated heterocycles. The highest BCUT2D eigenvalue weighted by Crippen LogP contribution is 2.39. The quantitative estimate of drug-likeness (QED) is 0.537. The van der Waals surface area contributed by atoms with Gasteiger partial charge in [-0.3, -0.25) is 0 Å². The van der Waals surface area contributed by atoms with Crippen LogP contribution in [0.5, 0.6) is 0 Å². The van der Waals surface area contributed by atoms with Crippen LogP contribution in [0.1, 0.15) is 17.2 Å². The number of hydrogen-bond donors (Lipinski definition) is 1. The predicted octanol–water partition coefficient (Wildman–Crippen LogP) is 5.88. The van der Waals surface area contributed by atoms with Crippen LogP contribution in [0.15, 0.2) is 30.2 Å². The minimum absolute atomic E-state index is 0.0494. The first-order valence-corrected chi connectivity index (χ1v) is 8.33. The number of halogens is 5. The molecule has 0 aliphatic rings. The molecule has 1 unspecified atom stereocenters. The Morgan fingerprint density at radius 1 is 1.22 bits per heavy atom. The molecule has 0 saturated carbocycles.